The van der Waals surface area contributed by atoms with E-state index in [0.29, 0.717) is 22.7 Å². The number of nitrogen functional groups attached to an aromatic ring is 1. The van der Waals surface area contributed by atoms with Gasteiger partial charge in [0.25, 0.3) is 0 Å². The summed E-state index contributed by atoms with van der Waals surface area (Å²) in [5.41, 5.74) is 8.79. The molecule has 0 saturated carbocycles. The Kier molecular flexibility index (Phi) is 2.85. The van der Waals surface area contributed by atoms with Crippen molar-refractivity contribution in [3.63, 3.8) is 0 Å². The fraction of sp³-hybridized carbons (Fsp3) is 0.143. The Morgan fingerprint density at radius 2 is 2.00 bits per heavy atom. The van der Waals surface area contributed by atoms with Gasteiger partial charge in [0.15, 0.2) is 17.3 Å². The van der Waals surface area contributed by atoms with Crippen molar-refractivity contribution in [3.05, 3.63) is 53.2 Å². The van der Waals surface area contributed by atoms with Crippen molar-refractivity contribution < 1.29 is 8.78 Å². The number of aryl methyl sites for hydroxylation is 1. The molecule has 3 rings (SSSR count). The second-order valence-electron chi connectivity index (χ2n) is 4.60. The van der Waals surface area contributed by atoms with Crippen molar-refractivity contribution in [3.8, 4) is 0 Å². The van der Waals surface area contributed by atoms with Gasteiger partial charge in [-0.25, -0.2) is 18.7 Å². The van der Waals surface area contributed by atoms with Crippen LogP contribution in [0.15, 0.2) is 30.5 Å². The summed E-state index contributed by atoms with van der Waals surface area (Å²) in [6.45, 7) is 2.20. The van der Waals surface area contributed by atoms with Crippen molar-refractivity contribution in [1.82, 2.24) is 14.5 Å². The number of benzene rings is 1. The second-order valence-corrected chi connectivity index (χ2v) is 4.60. The molecule has 0 amide bonds. The molecule has 0 fully saturated rings. The van der Waals surface area contributed by atoms with Crippen LogP contribution in [0, 0.1) is 18.6 Å². The van der Waals surface area contributed by atoms with E-state index in [9.17, 15) is 8.78 Å². The van der Waals surface area contributed by atoms with E-state index >= 15 is 0 Å². The Morgan fingerprint density at radius 3 is 2.75 bits per heavy atom. The zero-order valence-corrected chi connectivity index (χ0v) is 10.8. The average Bonchev–Trinajstić information content (AvgIpc) is 2.73. The van der Waals surface area contributed by atoms with Gasteiger partial charge in [0.2, 0.25) is 5.95 Å². The van der Waals surface area contributed by atoms with E-state index in [4.69, 9.17) is 5.73 Å². The number of fused-ring (bicyclic) bond motifs is 1. The predicted molar refractivity (Wildman–Crippen MR) is 72.1 cm³/mol. The molecule has 0 spiro atoms. The Bertz CT molecular complexity index is 795. The van der Waals surface area contributed by atoms with E-state index < -0.39 is 11.6 Å². The molecule has 0 saturated heterocycles. The number of aromatic nitrogens is 3. The van der Waals surface area contributed by atoms with Crippen LogP contribution in [0.4, 0.5) is 14.7 Å². The summed E-state index contributed by atoms with van der Waals surface area (Å²) in [6.07, 6.45) is 1.67. The molecule has 2 N–H and O–H groups in total. The summed E-state index contributed by atoms with van der Waals surface area (Å²) in [4.78, 5) is 8.51. The Labute approximate surface area is 113 Å². The van der Waals surface area contributed by atoms with Gasteiger partial charge in [-0.1, -0.05) is 6.07 Å². The van der Waals surface area contributed by atoms with Crippen LogP contribution in [0.3, 0.4) is 0 Å². The zero-order chi connectivity index (χ0) is 14.3. The fourth-order valence-corrected chi connectivity index (χ4v) is 2.13. The summed E-state index contributed by atoms with van der Waals surface area (Å²) in [5, 5.41) is 0. The molecule has 0 atom stereocenters. The van der Waals surface area contributed by atoms with Crippen molar-refractivity contribution in [2.75, 3.05) is 5.73 Å². The summed E-state index contributed by atoms with van der Waals surface area (Å²) in [7, 11) is 0. The van der Waals surface area contributed by atoms with Gasteiger partial charge >= 0.3 is 0 Å². The molecule has 3 aromatic rings. The number of hydrogen-bond donors (Lipinski definition) is 1. The second kappa shape index (κ2) is 4.56. The lowest BCUT2D eigenvalue weighted by Gasteiger charge is -2.06. The van der Waals surface area contributed by atoms with Gasteiger partial charge in [0, 0.05) is 6.20 Å². The first kappa shape index (κ1) is 12.5. The SMILES string of the molecule is Cc1ccnc2c1nc(N)n2Cc1ccc(F)c(F)c1. The van der Waals surface area contributed by atoms with Crippen LogP contribution in [0.25, 0.3) is 11.2 Å². The largest absolute Gasteiger partial charge is 0.369 e. The number of imidazole rings is 1. The highest BCUT2D eigenvalue weighted by molar-refractivity contribution is 5.77. The normalized spacial score (nSPS) is 11.2. The summed E-state index contributed by atoms with van der Waals surface area (Å²) in [6, 6.07) is 5.60. The molecule has 0 aliphatic rings. The third-order valence-electron chi connectivity index (χ3n) is 3.19. The molecular formula is C14H12F2N4. The monoisotopic (exact) mass is 274 g/mol. The van der Waals surface area contributed by atoms with E-state index in [1.165, 1.54) is 6.07 Å². The lowest BCUT2D eigenvalue weighted by Crippen LogP contribution is -2.05. The van der Waals surface area contributed by atoms with Crippen LogP contribution in [-0.2, 0) is 6.54 Å². The lowest BCUT2D eigenvalue weighted by atomic mass is 10.2. The maximum Gasteiger partial charge on any atom is 0.202 e. The highest BCUT2D eigenvalue weighted by Gasteiger charge is 2.12. The average molecular weight is 274 g/mol. The molecule has 0 aliphatic carbocycles. The van der Waals surface area contributed by atoms with Crippen LogP contribution in [0.2, 0.25) is 0 Å². The third-order valence-corrected chi connectivity index (χ3v) is 3.19. The number of nitrogens with zero attached hydrogens (tertiary/aromatic N) is 3. The molecule has 4 nitrogen and oxygen atoms in total. The van der Waals surface area contributed by atoms with Crippen molar-refractivity contribution >= 4 is 17.1 Å². The van der Waals surface area contributed by atoms with E-state index in [0.717, 1.165) is 17.7 Å². The number of anilines is 1. The fourth-order valence-electron chi connectivity index (χ4n) is 2.13. The van der Waals surface area contributed by atoms with Gasteiger partial charge < -0.3 is 5.73 Å². The van der Waals surface area contributed by atoms with Crippen LogP contribution < -0.4 is 5.73 Å². The highest BCUT2D eigenvalue weighted by atomic mass is 19.2. The van der Waals surface area contributed by atoms with Crippen LogP contribution in [0.1, 0.15) is 11.1 Å². The summed E-state index contributed by atoms with van der Waals surface area (Å²) in [5.74, 6) is -1.45. The molecule has 2 aromatic heterocycles. The first-order valence-electron chi connectivity index (χ1n) is 6.07. The first-order chi connectivity index (χ1) is 9.56. The molecule has 0 aliphatic heterocycles. The molecular weight excluding hydrogens is 262 g/mol. The quantitative estimate of drug-likeness (QED) is 0.781. The van der Waals surface area contributed by atoms with E-state index in [2.05, 4.69) is 9.97 Å². The van der Waals surface area contributed by atoms with Crippen LogP contribution in [0.5, 0.6) is 0 Å². The number of rotatable bonds is 2. The predicted octanol–water partition coefficient (Wildman–Crippen LogP) is 2.65. The number of halogens is 2. The van der Waals surface area contributed by atoms with E-state index in [-0.39, 0.29) is 6.54 Å². The van der Waals surface area contributed by atoms with Gasteiger partial charge in [0.05, 0.1) is 6.54 Å². The van der Waals surface area contributed by atoms with E-state index in [1.807, 2.05) is 13.0 Å². The van der Waals surface area contributed by atoms with Gasteiger partial charge in [-0.3, -0.25) is 4.57 Å². The Balaban J connectivity index is 2.08. The first-order valence-corrected chi connectivity index (χ1v) is 6.07. The molecule has 0 bridgehead atoms. The van der Waals surface area contributed by atoms with E-state index in [1.54, 1.807) is 10.8 Å². The lowest BCUT2D eigenvalue weighted by molar-refractivity contribution is 0.506. The minimum atomic E-state index is -0.880. The molecule has 20 heavy (non-hydrogen) atoms. The standard InChI is InChI=1S/C14H12F2N4/c1-8-4-5-18-13-12(8)19-14(17)20(13)7-9-2-3-10(15)11(16)6-9/h2-6H,7H2,1H3,(H2,17,19). The number of pyridine rings is 1. The molecule has 102 valence electrons. The minimum absolute atomic E-state index is 0.288. The van der Waals surface area contributed by atoms with Gasteiger partial charge in [-0.15, -0.1) is 0 Å². The summed E-state index contributed by atoms with van der Waals surface area (Å²) < 4.78 is 27.8. The number of hydrogen-bond acceptors (Lipinski definition) is 3. The Hall–Kier alpha value is -2.50. The zero-order valence-electron chi connectivity index (χ0n) is 10.8. The smallest absolute Gasteiger partial charge is 0.202 e. The molecule has 6 heteroatoms. The molecule has 0 unspecified atom stereocenters. The van der Waals surface area contributed by atoms with Gasteiger partial charge in [-0.05, 0) is 36.2 Å². The molecule has 0 radical (unpaired) electrons. The van der Waals surface area contributed by atoms with Crippen LogP contribution >= 0.6 is 0 Å². The minimum Gasteiger partial charge on any atom is -0.369 e. The van der Waals surface area contributed by atoms with Crippen molar-refractivity contribution in [2.24, 2.45) is 0 Å². The molecule has 1 aromatic carbocycles. The molecule has 2 heterocycles. The van der Waals surface area contributed by atoms with Crippen LogP contribution in [-0.4, -0.2) is 14.5 Å². The topological polar surface area (TPSA) is 56.7 Å². The highest BCUT2D eigenvalue weighted by Crippen LogP contribution is 2.20. The third kappa shape index (κ3) is 1.99. The van der Waals surface area contributed by atoms with Gasteiger partial charge in [-0.2, -0.15) is 0 Å². The van der Waals surface area contributed by atoms with Crippen molar-refractivity contribution in [2.45, 2.75) is 13.5 Å². The Morgan fingerprint density at radius 1 is 1.20 bits per heavy atom. The maximum atomic E-state index is 13.2. The van der Waals surface area contributed by atoms with Gasteiger partial charge in [0.1, 0.15) is 5.52 Å². The number of nitrogens with two attached hydrogens (primary N) is 1. The summed E-state index contributed by atoms with van der Waals surface area (Å²) >= 11 is 0. The van der Waals surface area contributed by atoms with Crippen molar-refractivity contribution in [1.29, 1.82) is 0 Å². The maximum absolute atomic E-state index is 13.2.